The van der Waals surface area contributed by atoms with Crippen LogP contribution in [-0.2, 0) is 14.4 Å². The largest absolute Gasteiger partial charge is 0.363 e. The molecule has 0 saturated carbocycles. The van der Waals surface area contributed by atoms with Gasteiger partial charge < -0.3 is 4.84 Å². The monoisotopic (exact) mass is 297 g/mol. The van der Waals surface area contributed by atoms with E-state index in [-0.39, 0.29) is 18.4 Å². The van der Waals surface area contributed by atoms with Crippen molar-refractivity contribution >= 4 is 33.7 Å². The lowest BCUT2D eigenvalue weighted by atomic mass is 10.2. The molecule has 0 spiro atoms. The van der Waals surface area contributed by atoms with Crippen molar-refractivity contribution < 1.29 is 19.2 Å². The van der Waals surface area contributed by atoms with Crippen LogP contribution in [0.25, 0.3) is 0 Å². The van der Waals surface area contributed by atoms with E-state index < -0.39 is 17.8 Å². The minimum atomic E-state index is -0.727. The highest BCUT2D eigenvalue weighted by Gasteiger charge is 2.33. The van der Waals surface area contributed by atoms with Gasteiger partial charge >= 0.3 is 5.97 Å². The predicted octanol–water partition coefficient (Wildman–Crippen LogP) is 1.67. The molecule has 0 aliphatic carbocycles. The molecule has 1 saturated heterocycles. The minimum Gasteiger partial charge on any atom is -0.325 e. The summed E-state index contributed by atoms with van der Waals surface area (Å²) in [4.78, 5) is 38.9. The van der Waals surface area contributed by atoms with Crippen molar-refractivity contribution in [1.29, 1.82) is 0 Å². The molecule has 1 fully saturated rings. The summed E-state index contributed by atoms with van der Waals surface area (Å²) in [7, 11) is 0. The Morgan fingerprint density at radius 3 is 2.47 bits per heavy atom. The molecule has 1 aliphatic rings. The number of imide groups is 1. The number of carbonyl (C=O) groups is 3. The Bertz CT molecular complexity index is 484. The van der Waals surface area contributed by atoms with Crippen LogP contribution in [0.4, 0.5) is 0 Å². The number of benzene rings is 1. The fourth-order valence-electron chi connectivity index (χ4n) is 1.41. The second-order valence-electron chi connectivity index (χ2n) is 3.47. The Labute approximate surface area is 105 Å². The predicted molar refractivity (Wildman–Crippen MR) is 60.6 cm³/mol. The second-order valence-corrected chi connectivity index (χ2v) is 4.39. The van der Waals surface area contributed by atoms with Crippen LogP contribution >= 0.6 is 15.9 Å². The quantitative estimate of drug-likeness (QED) is 0.779. The Balaban J connectivity index is 2.12. The maximum atomic E-state index is 11.7. The molecule has 0 radical (unpaired) electrons. The van der Waals surface area contributed by atoms with E-state index in [0.717, 1.165) is 0 Å². The highest BCUT2D eigenvalue weighted by atomic mass is 79.9. The molecule has 2 rings (SSSR count). The van der Waals surface area contributed by atoms with Crippen LogP contribution in [0, 0.1) is 0 Å². The van der Waals surface area contributed by atoms with Crippen molar-refractivity contribution in [3.63, 3.8) is 0 Å². The third-order valence-electron chi connectivity index (χ3n) is 2.24. The highest BCUT2D eigenvalue weighted by Crippen LogP contribution is 2.16. The van der Waals surface area contributed by atoms with E-state index in [1.165, 1.54) is 6.07 Å². The molecule has 0 aromatic heterocycles. The third kappa shape index (κ3) is 2.52. The van der Waals surface area contributed by atoms with E-state index in [2.05, 4.69) is 15.9 Å². The fourth-order valence-corrected chi connectivity index (χ4v) is 1.81. The Morgan fingerprint density at radius 2 is 1.88 bits per heavy atom. The molecule has 17 heavy (non-hydrogen) atoms. The van der Waals surface area contributed by atoms with Crippen LogP contribution in [-0.4, -0.2) is 22.8 Å². The molecular formula is C11H8BrNO4. The van der Waals surface area contributed by atoms with Gasteiger partial charge in [-0.05, 0) is 18.2 Å². The molecule has 5 nitrogen and oxygen atoms in total. The fraction of sp³-hybridized carbons (Fsp3) is 0.182. The van der Waals surface area contributed by atoms with E-state index in [1.54, 1.807) is 18.2 Å². The van der Waals surface area contributed by atoms with Gasteiger partial charge in [0.05, 0.1) is 5.56 Å². The number of rotatable bonds is 2. The Hall–Kier alpha value is -1.69. The first-order valence-electron chi connectivity index (χ1n) is 4.91. The summed E-state index contributed by atoms with van der Waals surface area (Å²) in [6, 6.07) is 6.50. The zero-order chi connectivity index (χ0) is 12.4. The molecule has 1 aliphatic heterocycles. The molecule has 1 aromatic rings. The summed E-state index contributed by atoms with van der Waals surface area (Å²) >= 11 is 3.21. The number of nitrogens with zero attached hydrogens (tertiary/aromatic N) is 1. The first-order valence-corrected chi connectivity index (χ1v) is 5.71. The molecule has 0 unspecified atom stereocenters. The lowest BCUT2D eigenvalue weighted by Gasteiger charge is -2.12. The van der Waals surface area contributed by atoms with Crippen LogP contribution < -0.4 is 0 Å². The number of amides is 2. The summed E-state index contributed by atoms with van der Waals surface area (Å²) in [6.45, 7) is 0. The average Bonchev–Trinajstić information content (AvgIpc) is 2.61. The van der Waals surface area contributed by atoms with Crippen LogP contribution in [0.2, 0.25) is 0 Å². The van der Waals surface area contributed by atoms with Gasteiger partial charge in [-0.1, -0.05) is 22.0 Å². The SMILES string of the molecule is O=C(ON1C(=O)CCC1=O)c1cccc(Br)c1. The van der Waals surface area contributed by atoms with Crippen LogP contribution in [0.15, 0.2) is 28.7 Å². The molecule has 0 atom stereocenters. The van der Waals surface area contributed by atoms with Gasteiger partial charge in [0.1, 0.15) is 0 Å². The van der Waals surface area contributed by atoms with Crippen LogP contribution in [0.5, 0.6) is 0 Å². The molecule has 2 amide bonds. The second kappa shape index (κ2) is 4.67. The van der Waals surface area contributed by atoms with Gasteiger partial charge in [-0.3, -0.25) is 9.59 Å². The van der Waals surface area contributed by atoms with Crippen LogP contribution in [0.3, 0.4) is 0 Å². The lowest BCUT2D eigenvalue weighted by molar-refractivity contribution is -0.172. The van der Waals surface area contributed by atoms with E-state index in [1.807, 2.05) is 0 Å². The van der Waals surface area contributed by atoms with Crippen molar-refractivity contribution in [2.24, 2.45) is 0 Å². The normalized spacial score (nSPS) is 15.2. The van der Waals surface area contributed by atoms with Gasteiger partial charge in [-0.25, -0.2) is 4.79 Å². The first kappa shape index (κ1) is 11.8. The summed E-state index contributed by atoms with van der Waals surface area (Å²) < 4.78 is 0.714. The minimum absolute atomic E-state index is 0.0879. The van der Waals surface area contributed by atoms with E-state index in [9.17, 15) is 14.4 Å². The Morgan fingerprint density at radius 1 is 1.24 bits per heavy atom. The third-order valence-corrected chi connectivity index (χ3v) is 2.73. The maximum Gasteiger partial charge on any atom is 0.363 e. The smallest absolute Gasteiger partial charge is 0.325 e. The van der Waals surface area contributed by atoms with Crippen molar-refractivity contribution in [2.45, 2.75) is 12.8 Å². The highest BCUT2D eigenvalue weighted by molar-refractivity contribution is 9.10. The zero-order valence-electron chi connectivity index (χ0n) is 8.68. The van der Waals surface area contributed by atoms with Gasteiger partial charge in [0, 0.05) is 17.3 Å². The number of carbonyl (C=O) groups excluding carboxylic acids is 3. The Kier molecular flexibility index (Phi) is 3.23. The first-order chi connectivity index (χ1) is 8.08. The van der Waals surface area contributed by atoms with Crippen LogP contribution in [0.1, 0.15) is 23.2 Å². The zero-order valence-corrected chi connectivity index (χ0v) is 10.3. The maximum absolute atomic E-state index is 11.7. The topological polar surface area (TPSA) is 63.7 Å². The number of hydrogen-bond donors (Lipinski definition) is 0. The van der Waals surface area contributed by atoms with Gasteiger partial charge in [-0.2, -0.15) is 0 Å². The molecule has 1 heterocycles. The van der Waals surface area contributed by atoms with E-state index in [4.69, 9.17) is 4.84 Å². The number of hydroxylamine groups is 2. The molecular weight excluding hydrogens is 290 g/mol. The standard InChI is InChI=1S/C11H8BrNO4/c12-8-3-1-2-7(6-8)11(16)17-13-9(14)4-5-10(13)15/h1-3,6H,4-5H2. The van der Waals surface area contributed by atoms with Gasteiger partial charge in [0.15, 0.2) is 0 Å². The molecule has 88 valence electrons. The van der Waals surface area contributed by atoms with E-state index in [0.29, 0.717) is 9.54 Å². The van der Waals surface area contributed by atoms with Gasteiger partial charge in [-0.15, -0.1) is 5.06 Å². The van der Waals surface area contributed by atoms with Gasteiger partial charge in [0.2, 0.25) is 0 Å². The van der Waals surface area contributed by atoms with Crippen molar-refractivity contribution in [2.75, 3.05) is 0 Å². The summed E-state index contributed by atoms with van der Waals surface area (Å²) in [5.41, 5.74) is 0.270. The molecule has 1 aromatic carbocycles. The van der Waals surface area contributed by atoms with Crippen molar-refractivity contribution in [3.05, 3.63) is 34.3 Å². The lowest BCUT2D eigenvalue weighted by Crippen LogP contribution is -2.32. The number of hydrogen-bond acceptors (Lipinski definition) is 4. The van der Waals surface area contributed by atoms with Gasteiger partial charge in [0.25, 0.3) is 11.8 Å². The van der Waals surface area contributed by atoms with Crippen molar-refractivity contribution in [3.8, 4) is 0 Å². The molecule has 0 bridgehead atoms. The molecule has 0 N–H and O–H groups in total. The number of halogens is 1. The summed E-state index contributed by atoms with van der Waals surface area (Å²) in [6.07, 6.45) is 0.176. The van der Waals surface area contributed by atoms with Crippen molar-refractivity contribution in [1.82, 2.24) is 5.06 Å². The summed E-state index contributed by atoms with van der Waals surface area (Å²) in [5.74, 6) is -1.70. The van der Waals surface area contributed by atoms with E-state index >= 15 is 0 Å². The molecule has 6 heteroatoms. The summed E-state index contributed by atoms with van der Waals surface area (Å²) in [5, 5.41) is 0.531. The average molecular weight is 298 g/mol.